The molecule has 17 heteroatoms. The number of hydrogen-bond acceptors (Lipinski definition) is 7. The molecule has 43 heavy (non-hydrogen) atoms. The maximum absolute atomic E-state index is 13.6. The van der Waals surface area contributed by atoms with Crippen molar-refractivity contribution < 1.29 is 61.7 Å². The lowest BCUT2D eigenvalue weighted by atomic mass is 10.1. The molecule has 1 N–H and O–H groups in total. The van der Waals surface area contributed by atoms with Gasteiger partial charge in [0.25, 0.3) is 0 Å². The molecule has 3 aromatic carbocycles. The lowest BCUT2D eigenvalue weighted by Gasteiger charge is -2.12. The molecule has 0 heterocycles. The van der Waals surface area contributed by atoms with Crippen molar-refractivity contribution in [3.05, 3.63) is 89.5 Å². The molecule has 0 saturated carbocycles. The van der Waals surface area contributed by atoms with Crippen LogP contribution in [0.25, 0.3) is 0 Å². The summed E-state index contributed by atoms with van der Waals surface area (Å²) >= 11 is 0. The van der Waals surface area contributed by atoms with Crippen LogP contribution in [0.3, 0.4) is 0 Å². The van der Waals surface area contributed by atoms with Gasteiger partial charge in [-0.1, -0.05) is 5.16 Å². The van der Waals surface area contributed by atoms with Gasteiger partial charge < -0.3 is 9.47 Å². The van der Waals surface area contributed by atoms with Crippen LogP contribution in [0.5, 0.6) is 11.5 Å². The summed E-state index contributed by atoms with van der Waals surface area (Å²) in [6, 6.07) is 10.7. The van der Waals surface area contributed by atoms with E-state index in [2.05, 4.69) is 9.44 Å². The van der Waals surface area contributed by atoms with Crippen LogP contribution in [0.2, 0.25) is 0 Å². The van der Waals surface area contributed by atoms with E-state index in [1.807, 2.05) is 0 Å². The van der Waals surface area contributed by atoms with Gasteiger partial charge in [0, 0.05) is 17.5 Å². The molecular weight excluding hydrogens is 623 g/mol. The minimum Gasteiger partial charge on any atom is -0.493 e. The van der Waals surface area contributed by atoms with Crippen molar-refractivity contribution in [2.75, 3.05) is 13.2 Å². The Bertz CT molecular complexity index is 1530. The predicted molar refractivity (Wildman–Crippen MR) is 134 cm³/mol. The Morgan fingerprint density at radius 1 is 0.674 bits per heavy atom. The Kier molecular flexibility index (Phi) is 9.99. The molecule has 0 saturated heterocycles. The van der Waals surface area contributed by atoms with Crippen LogP contribution in [-0.2, 0) is 20.6 Å². The van der Waals surface area contributed by atoms with Gasteiger partial charge in [-0.2, -0.15) is 47.9 Å². The summed E-state index contributed by atoms with van der Waals surface area (Å²) in [5.41, 5.74) is -5.35. The second-order valence-corrected chi connectivity index (χ2v) is 9.99. The molecule has 0 fully saturated rings. The number of oxime groups is 1. The first-order valence-electron chi connectivity index (χ1n) is 11.8. The lowest BCUT2D eigenvalue weighted by molar-refractivity contribution is -0.137. The topological polar surface area (TPSA) is 98.0 Å². The maximum atomic E-state index is 13.6. The molecule has 7 nitrogen and oxygen atoms in total. The number of ether oxygens (including phenoxy) is 2. The fraction of sp³-hybridized carbons (Fsp3) is 0.231. The molecule has 232 valence electrons. The van der Waals surface area contributed by atoms with Crippen LogP contribution in [0, 0.1) is 5.41 Å². The summed E-state index contributed by atoms with van der Waals surface area (Å²) in [4.78, 5) is -0.850. The van der Waals surface area contributed by atoms with Crippen molar-refractivity contribution in [1.82, 2.24) is 0 Å². The van der Waals surface area contributed by atoms with Gasteiger partial charge >= 0.3 is 28.6 Å². The molecule has 0 radical (unpaired) electrons. The highest BCUT2D eigenvalue weighted by Gasteiger charge is 2.39. The smallest absolute Gasteiger partial charge is 0.437 e. The SMILES string of the molecule is N=C(c1ccc(OCCCOc2ccc(/C(=N/OS(=O)(=O)c3ccc(C(F)(F)F)cc3)C(F)(F)F)cc2)cc1)C(F)(F)F. The number of hydrogen-bond donors (Lipinski definition) is 1. The van der Waals surface area contributed by atoms with E-state index in [0.29, 0.717) is 24.3 Å². The molecule has 0 bridgehead atoms. The first-order valence-corrected chi connectivity index (χ1v) is 13.2. The predicted octanol–water partition coefficient (Wildman–Crippen LogP) is 7.16. The quantitative estimate of drug-likeness (QED) is 0.104. The van der Waals surface area contributed by atoms with E-state index in [0.717, 1.165) is 36.4 Å². The third kappa shape index (κ3) is 9.36. The molecule has 0 aliphatic rings. The molecular formula is C26H19F9N2O5S. The van der Waals surface area contributed by atoms with Crippen molar-refractivity contribution in [2.24, 2.45) is 5.16 Å². The molecule has 0 spiro atoms. The molecule has 0 unspecified atom stereocenters. The molecule has 3 aromatic rings. The normalized spacial score (nSPS) is 13.0. The average Bonchev–Trinajstić information content (AvgIpc) is 2.92. The zero-order valence-corrected chi connectivity index (χ0v) is 22.2. The Balaban J connectivity index is 1.56. The second kappa shape index (κ2) is 12.9. The fourth-order valence-electron chi connectivity index (χ4n) is 3.24. The number of alkyl halides is 9. The summed E-state index contributed by atoms with van der Waals surface area (Å²) in [7, 11) is -4.99. The van der Waals surface area contributed by atoms with Crippen molar-refractivity contribution in [2.45, 2.75) is 29.8 Å². The van der Waals surface area contributed by atoms with Gasteiger partial charge in [0.15, 0.2) is 5.71 Å². The number of rotatable bonds is 11. The van der Waals surface area contributed by atoms with Gasteiger partial charge in [-0.25, -0.2) is 0 Å². The maximum Gasteiger partial charge on any atom is 0.437 e. The van der Waals surface area contributed by atoms with E-state index in [-0.39, 0.29) is 36.7 Å². The van der Waals surface area contributed by atoms with E-state index >= 15 is 0 Å². The molecule has 0 aromatic heterocycles. The van der Waals surface area contributed by atoms with Crippen LogP contribution in [0.4, 0.5) is 39.5 Å². The molecule has 0 amide bonds. The number of benzene rings is 3. The lowest BCUT2D eigenvalue weighted by Crippen LogP contribution is -2.25. The van der Waals surface area contributed by atoms with E-state index in [4.69, 9.17) is 14.9 Å². The summed E-state index contributed by atoms with van der Waals surface area (Å²) in [6.45, 7) is 0.106. The fourth-order valence-corrected chi connectivity index (χ4v) is 3.97. The van der Waals surface area contributed by atoms with E-state index in [9.17, 15) is 47.9 Å². The number of nitrogens with one attached hydrogen (secondary N) is 1. The Morgan fingerprint density at radius 2 is 1.14 bits per heavy atom. The average molecular weight is 642 g/mol. The summed E-state index contributed by atoms with van der Waals surface area (Å²) in [5, 5.41) is 9.80. The monoisotopic (exact) mass is 642 g/mol. The third-order valence-electron chi connectivity index (χ3n) is 5.35. The minimum absolute atomic E-state index is 0.0326. The Labute approximate surface area is 238 Å². The van der Waals surface area contributed by atoms with Gasteiger partial charge in [-0.15, -0.1) is 0 Å². The van der Waals surface area contributed by atoms with Crippen LogP contribution < -0.4 is 9.47 Å². The largest absolute Gasteiger partial charge is 0.493 e. The standard InChI is InChI=1S/C26H19F9N2O5S/c27-24(28,29)18-6-12-21(13-7-18)43(38,39)42-37-23(26(33,34)35)17-4-10-20(11-5-17)41-15-1-14-40-19-8-2-16(3-9-19)22(36)25(30,31)32/h2-13,36H,1,14-15H2/b36-22?,37-23-. The zero-order chi connectivity index (χ0) is 32.1. The van der Waals surface area contributed by atoms with Crippen molar-refractivity contribution in [1.29, 1.82) is 5.41 Å². The molecule has 0 aliphatic heterocycles. The molecule has 0 atom stereocenters. The summed E-state index contributed by atoms with van der Waals surface area (Å²) < 4.78 is 156. The highest BCUT2D eigenvalue weighted by molar-refractivity contribution is 7.86. The molecule has 3 rings (SSSR count). The summed E-state index contributed by atoms with van der Waals surface area (Å²) in [6.07, 6.45) is -14.5. The Hall–Kier alpha value is -4.28. The molecule has 0 aliphatic carbocycles. The van der Waals surface area contributed by atoms with Gasteiger partial charge in [0.2, 0.25) is 0 Å². The van der Waals surface area contributed by atoms with Crippen molar-refractivity contribution in [3.63, 3.8) is 0 Å². The van der Waals surface area contributed by atoms with Crippen LogP contribution in [0.1, 0.15) is 23.1 Å². The third-order valence-corrected chi connectivity index (χ3v) is 6.47. The second-order valence-electron chi connectivity index (χ2n) is 8.46. The van der Waals surface area contributed by atoms with E-state index < -0.39 is 56.1 Å². The van der Waals surface area contributed by atoms with E-state index in [1.165, 1.54) is 12.1 Å². The number of halogens is 9. The Morgan fingerprint density at radius 3 is 1.56 bits per heavy atom. The van der Waals surface area contributed by atoms with Crippen LogP contribution in [-0.4, -0.2) is 45.4 Å². The van der Waals surface area contributed by atoms with E-state index in [1.54, 1.807) is 0 Å². The van der Waals surface area contributed by atoms with Crippen LogP contribution >= 0.6 is 0 Å². The highest BCUT2D eigenvalue weighted by atomic mass is 32.2. The zero-order valence-electron chi connectivity index (χ0n) is 21.3. The van der Waals surface area contributed by atoms with Crippen LogP contribution in [0.15, 0.2) is 82.8 Å². The first kappa shape index (κ1) is 33.2. The van der Waals surface area contributed by atoms with Gasteiger partial charge in [0.05, 0.1) is 18.8 Å². The first-order chi connectivity index (χ1) is 19.9. The number of nitrogens with zero attached hydrogens (tertiary/aromatic N) is 1. The van der Waals surface area contributed by atoms with Crippen molar-refractivity contribution >= 4 is 21.5 Å². The van der Waals surface area contributed by atoms with Crippen molar-refractivity contribution in [3.8, 4) is 11.5 Å². The highest BCUT2D eigenvalue weighted by Crippen LogP contribution is 2.30. The summed E-state index contributed by atoms with van der Waals surface area (Å²) in [5.74, 6) is 0.364. The van der Waals surface area contributed by atoms with Gasteiger partial charge in [-0.3, -0.25) is 9.69 Å². The minimum atomic E-state index is -5.18. The van der Waals surface area contributed by atoms with Gasteiger partial charge in [-0.05, 0) is 72.8 Å². The van der Waals surface area contributed by atoms with Gasteiger partial charge in [0.1, 0.15) is 22.1 Å².